The third-order valence-corrected chi connectivity index (χ3v) is 2.76. The average molecular weight is 245 g/mol. The molecule has 2 rings (SSSR count). The van der Waals surface area contributed by atoms with Gasteiger partial charge in [-0.1, -0.05) is 0 Å². The summed E-state index contributed by atoms with van der Waals surface area (Å²) in [7, 11) is 0. The van der Waals surface area contributed by atoms with E-state index in [1.54, 1.807) is 6.20 Å². The molecule has 1 saturated heterocycles. The molecule has 3 N–H and O–H groups in total. The highest BCUT2D eigenvalue weighted by atomic mass is 32.1. The molecule has 0 amide bonds. The standard InChI is InChI=1S/C9H12FN3O2S/c10-6-3-5(4-14)15-8(6)13-2-1-7(11)12-9(13)16/h1-2,5-6,8,14H,3-4H2,(H2,11,12,16)/t5-,6?,8+/m0/s1. The minimum atomic E-state index is -1.20. The molecule has 0 aliphatic carbocycles. The van der Waals surface area contributed by atoms with Gasteiger partial charge in [0.25, 0.3) is 0 Å². The van der Waals surface area contributed by atoms with E-state index in [1.807, 2.05) is 0 Å². The Labute approximate surface area is 96.7 Å². The lowest BCUT2D eigenvalue weighted by molar-refractivity contribution is -0.0383. The topological polar surface area (TPSA) is 73.3 Å². The Hall–Kier alpha value is -1.05. The maximum atomic E-state index is 13.6. The number of anilines is 1. The largest absolute Gasteiger partial charge is 0.394 e. The first kappa shape index (κ1) is 11.4. The van der Waals surface area contributed by atoms with Gasteiger partial charge in [-0.25, -0.2) is 9.37 Å². The van der Waals surface area contributed by atoms with E-state index in [2.05, 4.69) is 4.98 Å². The summed E-state index contributed by atoms with van der Waals surface area (Å²) >= 11 is 4.97. The summed E-state index contributed by atoms with van der Waals surface area (Å²) in [5.74, 6) is 0.286. The molecule has 7 heteroatoms. The van der Waals surface area contributed by atoms with Gasteiger partial charge in [0.1, 0.15) is 12.0 Å². The van der Waals surface area contributed by atoms with E-state index in [0.29, 0.717) is 0 Å². The predicted octanol–water partition coefficient (Wildman–Crippen LogP) is 0.813. The Morgan fingerprint density at radius 2 is 2.50 bits per heavy atom. The summed E-state index contributed by atoms with van der Waals surface area (Å²) in [4.78, 5) is 3.85. The van der Waals surface area contributed by atoms with Crippen LogP contribution in [0.4, 0.5) is 10.2 Å². The van der Waals surface area contributed by atoms with Crippen LogP contribution in [-0.2, 0) is 4.74 Å². The molecule has 1 aliphatic heterocycles. The lowest BCUT2D eigenvalue weighted by Gasteiger charge is -2.16. The number of aliphatic hydroxyl groups excluding tert-OH is 1. The number of ether oxygens (including phenoxy) is 1. The molecule has 0 spiro atoms. The predicted molar refractivity (Wildman–Crippen MR) is 58.0 cm³/mol. The second-order valence-corrected chi connectivity index (χ2v) is 3.99. The first-order valence-corrected chi connectivity index (χ1v) is 5.27. The molecule has 1 aromatic heterocycles. The van der Waals surface area contributed by atoms with Crippen LogP contribution >= 0.6 is 12.2 Å². The van der Waals surface area contributed by atoms with Crippen molar-refractivity contribution in [2.24, 2.45) is 0 Å². The molecule has 3 atom stereocenters. The van der Waals surface area contributed by atoms with Gasteiger partial charge in [0.15, 0.2) is 6.23 Å². The van der Waals surface area contributed by atoms with Crippen LogP contribution in [0.25, 0.3) is 0 Å². The molecule has 1 aliphatic rings. The highest BCUT2D eigenvalue weighted by molar-refractivity contribution is 7.71. The van der Waals surface area contributed by atoms with E-state index in [0.717, 1.165) is 0 Å². The number of halogens is 1. The summed E-state index contributed by atoms with van der Waals surface area (Å²) in [5, 5.41) is 8.90. The SMILES string of the molecule is Nc1ccn([C@@H]2O[C@H](CO)CC2F)c(=S)n1. The van der Waals surface area contributed by atoms with E-state index in [4.69, 9.17) is 27.8 Å². The van der Waals surface area contributed by atoms with Crippen molar-refractivity contribution in [1.82, 2.24) is 9.55 Å². The number of hydrogen-bond acceptors (Lipinski definition) is 5. The van der Waals surface area contributed by atoms with Gasteiger partial charge in [-0.15, -0.1) is 0 Å². The number of nitrogens with zero attached hydrogens (tertiary/aromatic N) is 2. The molecular formula is C9H12FN3O2S. The summed E-state index contributed by atoms with van der Waals surface area (Å²) in [6.07, 6.45) is -0.805. The fraction of sp³-hybridized carbons (Fsp3) is 0.556. The van der Waals surface area contributed by atoms with E-state index in [1.165, 1.54) is 10.6 Å². The first-order chi connectivity index (χ1) is 7.61. The smallest absolute Gasteiger partial charge is 0.203 e. The van der Waals surface area contributed by atoms with E-state index in [9.17, 15) is 4.39 Å². The summed E-state index contributed by atoms with van der Waals surface area (Å²) in [6.45, 7) is -0.202. The average Bonchev–Trinajstić information content (AvgIpc) is 2.60. The van der Waals surface area contributed by atoms with Crippen LogP contribution in [0.15, 0.2) is 12.3 Å². The monoisotopic (exact) mass is 245 g/mol. The lowest BCUT2D eigenvalue weighted by atomic mass is 10.2. The molecule has 5 nitrogen and oxygen atoms in total. The number of aromatic nitrogens is 2. The van der Waals surface area contributed by atoms with Crippen molar-refractivity contribution in [3.8, 4) is 0 Å². The highest BCUT2D eigenvalue weighted by Crippen LogP contribution is 2.31. The van der Waals surface area contributed by atoms with Crippen LogP contribution in [0.2, 0.25) is 0 Å². The maximum absolute atomic E-state index is 13.6. The second kappa shape index (κ2) is 4.44. The Morgan fingerprint density at radius 1 is 1.75 bits per heavy atom. The van der Waals surface area contributed by atoms with Gasteiger partial charge in [-0.05, 0) is 18.3 Å². The zero-order valence-corrected chi connectivity index (χ0v) is 9.23. The summed E-state index contributed by atoms with van der Waals surface area (Å²) in [5.41, 5.74) is 5.45. The molecule has 0 saturated carbocycles. The van der Waals surface area contributed by atoms with Gasteiger partial charge in [0, 0.05) is 12.6 Å². The van der Waals surface area contributed by atoms with E-state index in [-0.39, 0.29) is 23.6 Å². The Balaban J connectivity index is 2.28. The number of alkyl halides is 1. The second-order valence-electron chi connectivity index (χ2n) is 3.63. The van der Waals surface area contributed by atoms with Crippen molar-refractivity contribution < 1.29 is 14.2 Å². The highest BCUT2D eigenvalue weighted by Gasteiger charge is 2.36. The van der Waals surface area contributed by atoms with Crippen molar-refractivity contribution in [3.05, 3.63) is 17.0 Å². The van der Waals surface area contributed by atoms with Gasteiger partial charge in [0.05, 0.1) is 12.7 Å². The fourth-order valence-corrected chi connectivity index (χ4v) is 1.95. The van der Waals surface area contributed by atoms with E-state index >= 15 is 0 Å². The van der Waals surface area contributed by atoms with Crippen LogP contribution in [0, 0.1) is 4.77 Å². The third kappa shape index (κ3) is 2.06. The molecule has 1 aromatic rings. The normalized spacial score (nSPS) is 29.5. The van der Waals surface area contributed by atoms with Gasteiger partial charge in [-0.2, -0.15) is 0 Å². The maximum Gasteiger partial charge on any atom is 0.203 e. The molecule has 0 aromatic carbocycles. The fourth-order valence-electron chi connectivity index (χ4n) is 1.68. The molecular weight excluding hydrogens is 233 g/mol. The van der Waals surface area contributed by atoms with Crippen LogP contribution in [0.1, 0.15) is 12.6 Å². The van der Waals surface area contributed by atoms with Crippen LogP contribution in [0.3, 0.4) is 0 Å². The molecule has 1 fully saturated rings. The van der Waals surface area contributed by atoms with E-state index < -0.39 is 18.5 Å². The Bertz CT molecular complexity index is 439. The zero-order valence-electron chi connectivity index (χ0n) is 8.41. The zero-order chi connectivity index (χ0) is 11.7. The molecule has 0 radical (unpaired) electrons. The Kier molecular flexibility index (Phi) is 3.17. The third-order valence-electron chi connectivity index (χ3n) is 2.46. The number of nitrogen functional groups attached to an aromatic ring is 1. The molecule has 2 heterocycles. The summed E-state index contributed by atoms with van der Waals surface area (Å²) < 4.78 is 20.5. The number of rotatable bonds is 2. The van der Waals surface area contributed by atoms with Crippen molar-refractivity contribution in [1.29, 1.82) is 0 Å². The summed E-state index contributed by atoms with van der Waals surface area (Å²) in [6, 6.07) is 1.53. The molecule has 0 bridgehead atoms. The molecule has 16 heavy (non-hydrogen) atoms. The molecule has 1 unspecified atom stereocenters. The minimum absolute atomic E-state index is 0.160. The quantitative estimate of drug-likeness (QED) is 0.754. The molecule has 88 valence electrons. The van der Waals surface area contributed by atoms with Crippen molar-refractivity contribution in [3.63, 3.8) is 0 Å². The van der Waals surface area contributed by atoms with Gasteiger partial charge in [0.2, 0.25) is 4.77 Å². The first-order valence-electron chi connectivity index (χ1n) is 4.87. The Morgan fingerprint density at radius 3 is 3.06 bits per heavy atom. The van der Waals surface area contributed by atoms with Crippen LogP contribution in [0.5, 0.6) is 0 Å². The van der Waals surface area contributed by atoms with Crippen molar-refractivity contribution >= 4 is 18.0 Å². The number of hydrogen-bond donors (Lipinski definition) is 2. The minimum Gasteiger partial charge on any atom is -0.394 e. The van der Waals surface area contributed by atoms with Crippen LogP contribution in [-0.4, -0.2) is 33.5 Å². The van der Waals surface area contributed by atoms with Gasteiger partial charge in [-0.3, -0.25) is 4.57 Å². The van der Waals surface area contributed by atoms with Gasteiger partial charge >= 0.3 is 0 Å². The van der Waals surface area contributed by atoms with Gasteiger partial charge < -0.3 is 15.6 Å². The van der Waals surface area contributed by atoms with Crippen LogP contribution < -0.4 is 5.73 Å². The van der Waals surface area contributed by atoms with Crippen molar-refractivity contribution in [2.45, 2.75) is 24.9 Å². The number of aliphatic hydroxyl groups is 1. The number of nitrogens with two attached hydrogens (primary N) is 1. The van der Waals surface area contributed by atoms with Crippen molar-refractivity contribution in [2.75, 3.05) is 12.3 Å². The lowest BCUT2D eigenvalue weighted by Crippen LogP contribution is -2.18.